The largest absolute Gasteiger partial charge is 0.481 e. The van der Waals surface area contributed by atoms with E-state index in [1.54, 1.807) is 0 Å². The molecule has 1 aromatic rings. The van der Waals surface area contributed by atoms with E-state index < -0.39 is 5.97 Å². The lowest BCUT2D eigenvalue weighted by atomic mass is 10.3. The van der Waals surface area contributed by atoms with Crippen molar-refractivity contribution in [2.45, 2.75) is 56.9 Å². The number of aromatic nitrogens is 3. The number of aryl methyl sites for hydroxylation is 1. The number of hydrogen-bond acceptors (Lipinski definition) is 5. The van der Waals surface area contributed by atoms with Gasteiger partial charge >= 0.3 is 5.97 Å². The lowest BCUT2D eigenvalue weighted by molar-refractivity contribution is -0.133. The third-order valence-corrected chi connectivity index (χ3v) is 4.65. The van der Waals surface area contributed by atoms with E-state index in [9.17, 15) is 4.79 Å². The Balaban J connectivity index is 2.06. The van der Waals surface area contributed by atoms with Gasteiger partial charge in [0.05, 0.1) is 5.75 Å². The lowest BCUT2D eigenvalue weighted by Gasteiger charge is -2.25. The fourth-order valence-electron chi connectivity index (χ4n) is 2.23. The molecule has 0 spiro atoms. The molecule has 1 aliphatic carbocycles. The number of likely N-dealkylation sites (N-methyl/N-ethyl adjacent to an activating group) is 1. The summed E-state index contributed by atoms with van der Waals surface area (Å²) in [4.78, 5) is 13.1. The molecule has 0 bridgehead atoms. The van der Waals surface area contributed by atoms with Crippen LogP contribution in [0, 0.1) is 0 Å². The van der Waals surface area contributed by atoms with E-state index in [1.807, 2.05) is 6.92 Å². The van der Waals surface area contributed by atoms with E-state index in [0.717, 1.165) is 18.8 Å². The van der Waals surface area contributed by atoms with Gasteiger partial charge in [-0.3, -0.25) is 9.69 Å². The van der Waals surface area contributed by atoms with Gasteiger partial charge in [-0.15, -0.1) is 10.2 Å². The summed E-state index contributed by atoms with van der Waals surface area (Å²) in [5, 5.41) is 17.8. The topological polar surface area (TPSA) is 71.2 Å². The minimum atomic E-state index is -0.828. The molecule has 0 aliphatic heterocycles. The van der Waals surface area contributed by atoms with Crippen LogP contribution < -0.4 is 0 Å². The van der Waals surface area contributed by atoms with Crippen molar-refractivity contribution >= 4 is 17.7 Å². The van der Waals surface area contributed by atoms with Crippen molar-refractivity contribution in [2.24, 2.45) is 0 Å². The van der Waals surface area contributed by atoms with Crippen molar-refractivity contribution in [3.8, 4) is 0 Å². The number of thioether (sulfide) groups is 1. The molecule has 1 unspecified atom stereocenters. The molecular weight excluding hydrogens is 276 g/mol. The van der Waals surface area contributed by atoms with Crippen molar-refractivity contribution in [2.75, 3.05) is 12.8 Å². The molecule has 20 heavy (non-hydrogen) atoms. The van der Waals surface area contributed by atoms with E-state index in [1.165, 1.54) is 24.6 Å². The number of carbonyl (C=O) groups is 1. The molecule has 1 saturated carbocycles. The van der Waals surface area contributed by atoms with Crippen molar-refractivity contribution in [1.29, 1.82) is 0 Å². The van der Waals surface area contributed by atoms with Crippen LogP contribution in [0.4, 0.5) is 0 Å². The molecule has 0 aromatic carbocycles. The van der Waals surface area contributed by atoms with Crippen LogP contribution in [0.15, 0.2) is 5.16 Å². The summed E-state index contributed by atoms with van der Waals surface area (Å²) in [7, 11) is 2.16. The molecule has 0 radical (unpaired) electrons. The van der Waals surface area contributed by atoms with Crippen LogP contribution >= 0.6 is 11.8 Å². The molecule has 1 fully saturated rings. The van der Waals surface area contributed by atoms with Gasteiger partial charge in [-0.05, 0) is 26.8 Å². The normalized spacial score (nSPS) is 16.6. The van der Waals surface area contributed by atoms with Gasteiger partial charge in [0.25, 0.3) is 0 Å². The Kier molecular flexibility index (Phi) is 5.04. The van der Waals surface area contributed by atoms with Crippen LogP contribution in [0.25, 0.3) is 0 Å². The van der Waals surface area contributed by atoms with Gasteiger partial charge in [0.2, 0.25) is 0 Å². The average molecular weight is 298 g/mol. The second-order valence-electron chi connectivity index (χ2n) is 5.29. The maximum Gasteiger partial charge on any atom is 0.313 e. The SMILES string of the molecule is CCc1nnc(SCC(=O)O)n1CC(C)N(C)C1CC1. The number of carboxylic acid groups (broad SMARTS) is 1. The Morgan fingerprint density at radius 2 is 2.25 bits per heavy atom. The second-order valence-corrected chi connectivity index (χ2v) is 6.23. The summed E-state index contributed by atoms with van der Waals surface area (Å²) in [6.07, 6.45) is 3.37. The van der Waals surface area contributed by atoms with E-state index >= 15 is 0 Å². The Labute approximate surface area is 123 Å². The summed E-state index contributed by atoms with van der Waals surface area (Å²) in [6, 6.07) is 1.11. The minimum absolute atomic E-state index is 0.0225. The number of nitrogens with zero attached hydrogens (tertiary/aromatic N) is 4. The van der Waals surface area contributed by atoms with E-state index in [0.29, 0.717) is 17.2 Å². The fraction of sp³-hybridized carbons (Fsp3) is 0.769. The predicted octanol–water partition coefficient (Wildman–Crippen LogP) is 1.50. The first-order valence-electron chi connectivity index (χ1n) is 7.01. The van der Waals surface area contributed by atoms with Gasteiger partial charge in [-0.25, -0.2) is 0 Å². The van der Waals surface area contributed by atoms with Crippen molar-refractivity contribution in [3.05, 3.63) is 5.82 Å². The summed E-state index contributed by atoms with van der Waals surface area (Å²) in [6.45, 7) is 5.05. The highest BCUT2D eigenvalue weighted by Gasteiger charge is 2.29. The standard InChI is InChI=1S/C13H22N4O2S/c1-4-11-14-15-13(20-8-12(18)19)17(11)7-9(2)16(3)10-5-6-10/h9-10H,4-8H2,1-3H3,(H,18,19). The quantitative estimate of drug-likeness (QED) is 0.733. The van der Waals surface area contributed by atoms with Crippen LogP contribution in [-0.4, -0.2) is 55.6 Å². The molecule has 0 saturated heterocycles. The number of rotatable bonds is 8. The average Bonchev–Trinajstić information content (AvgIpc) is 3.18. The highest BCUT2D eigenvalue weighted by Crippen LogP contribution is 2.28. The lowest BCUT2D eigenvalue weighted by Crippen LogP contribution is -2.35. The fourth-order valence-corrected chi connectivity index (χ4v) is 2.92. The van der Waals surface area contributed by atoms with Crippen LogP contribution in [0.1, 0.15) is 32.5 Å². The molecular formula is C13H22N4O2S. The maximum atomic E-state index is 10.7. The molecule has 1 heterocycles. The first-order chi connectivity index (χ1) is 9.52. The first kappa shape index (κ1) is 15.3. The van der Waals surface area contributed by atoms with Gasteiger partial charge in [-0.1, -0.05) is 18.7 Å². The zero-order valence-corrected chi connectivity index (χ0v) is 13.1. The van der Waals surface area contributed by atoms with Crippen molar-refractivity contribution in [1.82, 2.24) is 19.7 Å². The number of carboxylic acids is 1. The molecule has 0 amide bonds. The van der Waals surface area contributed by atoms with Crippen LogP contribution in [0.3, 0.4) is 0 Å². The van der Waals surface area contributed by atoms with Crippen LogP contribution in [-0.2, 0) is 17.8 Å². The highest BCUT2D eigenvalue weighted by atomic mass is 32.2. The summed E-state index contributed by atoms with van der Waals surface area (Å²) in [5.74, 6) is 0.119. The molecule has 1 atom stereocenters. The van der Waals surface area contributed by atoms with Gasteiger partial charge in [-0.2, -0.15) is 0 Å². The smallest absolute Gasteiger partial charge is 0.313 e. The van der Waals surface area contributed by atoms with Crippen LogP contribution in [0.2, 0.25) is 0 Å². The zero-order valence-electron chi connectivity index (χ0n) is 12.2. The van der Waals surface area contributed by atoms with Crippen LogP contribution in [0.5, 0.6) is 0 Å². The van der Waals surface area contributed by atoms with Gasteiger partial charge in [0.1, 0.15) is 5.82 Å². The Morgan fingerprint density at radius 3 is 2.80 bits per heavy atom. The molecule has 1 aromatic heterocycles. The summed E-state index contributed by atoms with van der Waals surface area (Å²) >= 11 is 1.24. The Morgan fingerprint density at radius 1 is 1.55 bits per heavy atom. The highest BCUT2D eigenvalue weighted by molar-refractivity contribution is 7.99. The van der Waals surface area contributed by atoms with E-state index in [4.69, 9.17) is 5.11 Å². The van der Waals surface area contributed by atoms with Crippen molar-refractivity contribution in [3.63, 3.8) is 0 Å². The minimum Gasteiger partial charge on any atom is -0.481 e. The van der Waals surface area contributed by atoms with Gasteiger partial charge in [0.15, 0.2) is 5.16 Å². The van der Waals surface area contributed by atoms with E-state index in [2.05, 4.69) is 33.6 Å². The molecule has 112 valence electrons. The number of aliphatic carboxylic acids is 1. The summed E-state index contributed by atoms with van der Waals surface area (Å²) < 4.78 is 2.07. The first-order valence-corrected chi connectivity index (χ1v) is 8.00. The Bertz CT molecular complexity index is 473. The number of hydrogen-bond donors (Lipinski definition) is 1. The van der Waals surface area contributed by atoms with Gasteiger partial charge < -0.3 is 9.67 Å². The predicted molar refractivity (Wildman–Crippen MR) is 78.0 cm³/mol. The molecule has 2 rings (SSSR count). The van der Waals surface area contributed by atoms with Gasteiger partial charge in [0, 0.05) is 25.0 Å². The zero-order chi connectivity index (χ0) is 14.7. The second kappa shape index (κ2) is 6.58. The van der Waals surface area contributed by atoms with Crippen molar-refractivity contribution < 1.29 is 9.90 Å². The molecule has 6 nitrogen and oxygen atoms in total. The Hall–Kier alpha value is -1.08. The maximum absolute atomic E-state index is 10.7. The third-order valence-electron chi connectivity index (χ3n) is 3.70. The monoisotopic (exact) mass is 298 g/mol. The third kappa shape index (κ3) is 3.73. The summed E-state index contributed by atoms with van der Waals surface area (Å²) in [5.41, 5.74) is 0. The molecule has 7 heteroatoms. The molecule has 1 N–H and O–H groups in total. The molecule has 1 aliphatic rings. The van der Waals surface area contributed by atoms with E-state index in [-0.39, 0.29) is 5.75 Å².